The highest BCUT2D eigenvalue weighted by atomic mass is 16.1. The lowest BCUT2D eigenvalue weighted by Gasteiger charge is -2.13. The third-order valence-corrected chi connectivity index (χ3v) is 2.48. The molecule has 0 spiro atoms. The summed E-state index contributed by atoms with van der Waals surface area (Å²) in [4.78, 5) is 14.3. The molecule has 0 unspecified atom stereocenters. The van der Waals surface area contributed by atoms with Crippen LogP contribution in [0.25, 0.3) is 0 Å². The van der Waals surface area contributed by atoms with Crippen molar-refractivity contribution >= 4 is 5.91 Å². The second-order valence-electron chi connectivity index (χ2n) is 3.37. The first-order valence-corrected chi connectivity index (χ1v) is 4.41. The Morgan fingerprint density at radius 2 is 2.31 bits per heavy atom. The zero-order chi connectivity index (χ0) is 9.42. The molecule has 4 nitrogen and oxygen atoms in total. The molecule has 2 heterocycles. The van der Waals surface area contributed by atoms with Crippen molar-refractivity contribution in [3.63, 3.8) is 0 Å². The molecule has 1 aromatic rings. The van der Waals surface area contributed by atoms with Gasteiger partial charge in [-0.1, -0.05) is 0 Å². The summed E-state index contributed by atoms with van der Waals surface area (Å²) in [6.45, 7) is 3.60. The predicted octanol–water partition coefficient (Wildman–Crippen LogP) is 0.0677. The summed E-state index contributed by atoms with van der Waals surface area (Å²) < 4.78 is 0. The van der Waals surface area contributed by atoms with Gasteiger partial charge in [0.15, 0.2) is 0 Å². The van der Waals surface area contributed by atoms with E-state index >= 15 is 0 Å². The van der Waals surface area contributed by atoms with Gasteiger partial charge in [-0.15, -0.1) is 0 Å². The van der Waals surface area contributed by atoms with E-state index in [2.05, 4.69) is 10.3 Å². The van der Waals surface area contributed by atoms with Crippen molar-refractivity contribution in [2.45, 2.75) is 19.9 Å². The highest BCUT2D eigenvalue weighted by Gasteiger charge is 2.20. The molecule has 2 rings (SSSR count). The summed E-state index contributed by atoms with van der Waals surface area (Å²) in [6.07, 6.45) is 0.948. The highest BCUT2D eigenvalue weighted by molar-refractivity contribution is 5.96. The maximum atomic E-state index is 11.1. The minimum Gasteiger partial charge on any atom is -0.366 e. The average Bonchev–Trinajstić information content (AvgIpc) is 2.39. The molecular formula is C9H13N3O. The van der Waals surface area contributed by atoms with Crippen LogP contribution in [0.1, 0.15) is 27.3 Å². The Kier molecular flexibility index (Phi) is 1.84. The molecule has 0 bridgehead atoms. The Labute approximate surface area is 76.5 Å². The van der Waals surface area contributed by atoms with E-state index in [1.165, 1.54) is 0 Å². The van der Waals surface area contributed by atoms with Crippen molar-refractivity contribution in [1.29, 1.82) is 0 Å². The van der Waals surface area contributed by atoms with E-state index in [1.54, 1.807) is 0 Å². The van der Waals surface area contributed by atoms with Gasteiger partial charge in [-0.2, -0.15) is 0 Å². The van der Waals surface area contributed by atoms with Gasteiger partial charge in [0, 0.05) is 30.9 Å². The minimum absolute atomic E-state index is 0.335. The van der Waals surface area contributed by atoms with Crippen molar-refractivity contribution in [2.75, 3.05) is 6.54 Å². The van der Waals surface area contributed by atoms with Crippen molar-refractivity contribution in [3.8, 4) is 0 Å². The number of nitrogens with one attached hydrogen (secondary N) is 2. The van der Waals surface area contributed by atoms with Gasteiger partial charge in [0.25, 0.3) is 5.91 Å². The molecule has 0 saturated heterocycles. The number of carbonyl (C=O) groups is 1. The molecule has 0 fully saturated rings. The molecular weight excluding hydrogens is 166 g/mol. The maximum absolute atomic E-state index is 11.1. The van der Waals surface area contributed by atoms with Gasteiger partial charge in [-0.25, -0.2) is 0 Å². The van der Waals surface area contributed by atoms with Gasteiger partial charge in [0.05, 0.1) is 5.56 Å². The van der Waals surface area contributed by atoms with Crippen LogP contribution in [0.5, 0.6) is 0 Å². The van der Waals surface area contributed by atoms with E-state index < -0.39 is 0 Å². The van der Waals surface area contributed by atoms with Crippen LogP contribution in [-0.4, -0.2) is 17.4 Å². The molecule has 1 amide bonds. The number of aromatic nitrogens is 1. The van der Waals surface area contributed by atoms with E-state index in [0.717, 1.165) is 36.5 Å². The van der Waals surface area contributed by atoms with Gasteiger partial charge in [0.2, 0.25) is 0 Å². The van der Waals surface area contributed by atoms with Gasteiger partial charge in [-0.05, 0) is 12.5 Å². The topological polar surface area (TPSA) is 70.9 Å². The summed E-state index contributed by atoms with van der Waals surface area (Å²) in [7, 11) is 0. The fourth-order valence-electron chi connectivity index (χ4n) is 1.91. The number of H-pyrrole nitrogens is 1. The normalized spacial score (nSPS) is 15.5. The molecule has 4 N–H and O–H groups in total. The number of nitrogens with two attached hydrogens (primary N) is 1. The number of fused-ring (bicyclic) bond motifs is 1. The summed E-state index contributed by atoms with van der Waals surface area (Å²) >= 11 is 0. The summed E-state index contributed by atoms with van der Waals surface area (Å²) in [5.74, 6) is -0.335. The van der Waals surface area contributed by atoms with Crippen molar-refractivity contribution < 1.29 is 4.79 Å². The number of rotatable bonds is 1. The van der Waals surface area contributed by atoms with Crippen LogP contribution >= 0.6 is 0 Å². The van der Waals surface area contributed by atoms with Crippen molar-refractivity contribution in [2.24, 2.45) is 5.73 Å². The average molecular weight is 179 g/mol. The number of carbonyl (C=O) groups excluding carboxylic acids is 1. The third kappa shape index (κ3) is 1.23. The minimum atomic E-state index is -0.335. The zero-order valence-corrected chi connectivity index (χ0v) is 7.61. The number of aryl methyl sites for hydroxylation is 1. The molecule has 1 aliphatic heterocycles. The Balaban J connectivity index is 2.54. The zero-order valence-electron chi connectivity index (χ0n) is 7.61. The van der Waals surface area contributed by atoms with Gasteiger partial charge < -0.3 is 16.0 Å². The molecule has 0 atom stereocenters. The number of amides is 1. The maximum Gasteiger partial charge on any atom is 0.250 e. The first-order chi connectivity index (χ1) is 6.20. The fraction of sp³-hybridized carbons (Fsp3) is 0.444. The second-order valence-corrected chi connectivity index (χ2v) is 3.37. The quantitative estimate of drug-likeness (QED) is 0.571. The van der Waals surface area contributed by atoms with Crippen LogP contribution in [0, 0.1) is 6.92 Å². The number of aromatic amines is 1. The molecule has 13 heavy (non-hydrogen) atoms. The van der Waals surface area contributed by atoms with Crippen LogP contribution in [0.3, 0.4) is 0 Å². The summed E-state index contributed by atoms with van der Waals surface area (Å²) in [6, 6.07) is 0. The lowest BCUT2D eigenvalue weighted by molar-refractivity contribution is 0.0999. The Morgan fingerprint density at radius 1 is 1.54 bits per heavy atom. The molecule has 1 aliphatic rings. The van der Waals surface area contributed by atoms with E-state index in [9.17, 15) is 4.79 Å². The first kappa shape index (κ1) is 8.31. The lowest BCUT2D eigenvalue weighted by atomic mass is 10.0. The van der Waals surface area contributed by atoms with Gasteiger partial charge >= 0.3 is 0 Å². The number of primary amides is 1. The van der Waals surface area contributed by atoms with Crippen LogP contribution in [0.4, 0.5) is 0 Å². The monoisotopic (exact) mass is 179 g/mol. The fourth-order valence-corrected chi connectivity index (χ4v) is 1.91. The van der Waals surface area contributed by atoms with E-state index in [4.69, 9.17) is 5.73 Å². The third-order valence-electron chi connectivity index (χ3n) is 2.48. The van der Waals surface area contributed by atoms with Crippen LogP contribution in [-0.2, 0) is 13.0 Å². The Bertz CT molecular complexity index is 354. The summed E-state index contributed by atoms with van der Waals surface area (Å²) in [5, 5.41) is 3.22. The largest absolute Gasteiger partial charge is 0.366 e. The smallest absolute Gasteiger partial charge is 0.250 e. The van der Waals surface area contributed by atoms with Crippen LogP contribution < -0.4 is 11.1 Å². The molecule has 1 aromatic heterocycles. The molecule has 70 valence electrons. The number of hydrogen-bond acceptors (Lipinski definition) is 2. The van der Waals surface area contributed by atoms with Gasteiger partial charge in [-0.3, -0.25) is 4.79 Å². The SMILES string of the molecule is Cc1[nH]c2c(c1C(N)=O)CNCC2. The molecule has 0 aliphatic carbocycles. The van der Waals surface area contributed by atoms with E-state index in [-0.39, 0.29) is 5.91 Å². The van der Waals surface area contributed by atoms with Crippen LogP contribution in [0.2, 0.25) is 0 Å². The molecule has 4 heteroatoms. The standard InChI is InChI=1S/C9H13N3O/c1-5-8(9(10)13)6-4-11-3-2-7(6)12-5/h11-12H,2-4H2,1H3,(H2,10,13). The van der Waals surface area contributed by atoms with E-state index in [1.807, 2.05) is 6.92 Å². The van der Waals surface area contributed by atoms with Crippen molar-refractivity contribution in [1.82, 2.24) is 10.3 Å². The predicted molar refractivity (Wildman–Crippen MR) is 49.5 cm³/mol. The Morgan fingerprint density at radius 3 is 3.00 bits per heavy atom. The number of hydrogen-bond donors (Lipinski definition) is 3. The second kappa shape index (κ2) is 2.88. The van der Waals surface area contributed by atoms with E-state index in [0.29, 0.717) is 5.56 Å². The highest BCUT2D eigenvalue weighted by Crippen LogP contribution is 2.20. The summed E-state index contributed by atoms with van der Waals surface area (Å²) in [5.41, 5.74) is 9.06. The lowest BCUT2D eigenvalue weighted by Crippen LogP contribution is -2.25. The molecule has 0 aromatic carbocycles. The van der Waals surface area contributed by atoms with Gasteiger partial charge in [0.1, 0.15) is 0 Å². The Hall–Kier alpha value is -1.29. The van der Waals surface area contributed by atoms with Crippen LogP contribution in [0.15, 0.2) is 0 Å². The van der Waals surface area contributed by atoms with Crippen molar-refractivity contribution in [3.05, 3.63) is 22.5 Å². The molecule has 0 radical (unpaired) electrons. The first-order valence-electron chi connectivity index (χ1n) is 4.41. The molecule has 0 saturated carbocycles.